The van der Waals surface area contributed by atoms with Gasteiger partial charge in [-0.05, 0) is 91.8 Å². The van der Waals surface area contributed by atoms with Crippen molar-refractivity contribution in [3.63, 3.8) is 0 Å². The van der Waals surface area contributed by atoms with E-state index < -0.39 is 57.4 Å². The molecule has 2 fully saturated rings. The van der Waals surface area contributed by atoms with Crippen LogP contribution in [0.3, 0.4) is 0 Å². The van der Waals surface area contributed by atoms with Gasteiger partial charge in [0.05, 0.1) is 40.6 Å². The number of nitrogens with zero attached hydrogens (tertiary/aromatic N) is 4. The molecule has 250 valence electrons. The molecule has 4 heterocycles. The average Bonchev–Trinajstić information content (AvgIpc) is 3.67. The second-order valence-electron chi connectivity index (χ2n) is 12.2. The van der Waals surface area contributed by atoms with Gasteiger partial charge in [-0.25, -0.2) is 17.8 Å². The van der Waals surface area contributed by atoms with E-state index in [0.29, 0.717) is 24.1 Å². The molecule has 0 radical (unpaired) electrons. The van der Waals surface area contributed by atoms with Gasteiger partial charge in [-0.3, -0.25) is 18.9 Å². The number of rotatable bonds is 7. The summed E-state index contributed by atoms with van der Waals surface area (Å²) >= 11 is 0. The van der Waals surface area contributed by atoms with Crippen molar-refractivity contribution in [2.75, 3.05) is 17.4 Å². The number of anilines is 1. The quantitative estimate of drug-likeness (QED) is 0.262. The van der Waals surface area contributed by atoms with Gasteiger partial charge >= 0.3 is 12.1 Å². The number of alkyl halides is 3. The van der Waals surface area contributed by atoms with E-state index in [1.807, 2.05) is 0 Å². The first-order valence-corrected chi connectivity index (χ1v) is 16.8. The molecule has 2 aliphatic heterocycles. The van der Waals surface area contributed by atoms with Crippen molar-refractivity contribution in [2.24, 2.45) is 5.92 Å². The summed E-state index contributed by atoms with van der Waals surface area (Å²) in [5.74, 6) is -1.71. The Kier molecular flexibility index (Phi) is 7.76. The van der Waals surface area contributed by atoms with Crippen LogP contribution in [0.4, 0.5) is 23.2 Å². The number of hydrogen-bond donors (Lipinski definition) is 1. The van der Waals surface area contributed by atoms with Crippen LogP contribution in [0.15, 0.2) is 82.6 Å². The number of carbonyl (C=O) groups is 2. The van der Waals surface area contributed by atoms with E-state index in [2.05, 4.69) is 15.3 Å². The molecule has 0 bridgehead atoms. The Balaban J connectivity index is 1.26. The minimum atomic E-state index is -4.66. The van der Waals surface area contributed by atoms with Crippen molar-refractivity contribution in [1.29, 1.82) is 0 Å². The average molecular weight is 684 g/mol. The molecule has 1 saturated carbocycles. The Bertz CT molecular complexity index is 1970. The van der Waals surface area contributed by atoms with E-state index >= 15 is 0 Å². The van der Waals surface area contributed by atoms with Crippen molar-refractivity contribution < 1.29 is 40.0 Å². The minimum absolute atomic E-state index is 0.0103. The summed E-state index contributed by atoms with van der Waals surface area (Å²) in [4.78, 5) is 35.8. The lowest BCUT2D eigenvalue weighted by molar-refractivity contribution is -0.138. The number of carbonyl (C=O) groups excluding carboxylic acids is 2. The third-order valence-electron chi connectivity index (χ3n) is 9.46. The smallest absolute Gasteiger partial charge is 0.418 e. The molecule has 1 N–H and O–H groups in total. The van der Waals surface area contributed by atoms with Gasteiger partial charge < -0.3 is 14.6 Å². The number of likely N-dealkylation sites (tertiary alicyclic amines) is 1. The Hall–Kier alpha value is -4.79. The Morgan fingerprint density at radius 2 is 1.73 bits per heavy atom. The first kappa shape index (κ1) is 31.8. The molecule has 1 spiro atoms. The molecule has 1 aliphatic carbocycles. The zero-order chi connectivity index (χ0) is 33.8. The Morgan fingerprint density at radius 3 is 2.38 bits per heavy atom. The number of oxazole rings is 1. The van der Waals surface area contributed by atoms with Crippen molar-refractivity contribution in [1.82, 2.24) is 20.2 Å². The number of hydrogen-bond acceptors (Lipinski definition) is 7. The molecular weight excluding hydrogens is 654 g/mol. The molecule has 1 atom stereocenters. The van der Waals surface area contributed by atoms with Gasteiger partial charge in [-0.15, -0.1) is 0 Å². The molecule has 2 amide bonds. The number of nitrogens with one attached hydrogen (secondary N) is 1. The summed E-state index contributed by atoms with van der Waals surface area (Å²) in [6.07, 6.45) is 1.49. The highest BCUT2D eigenvalue weighted by Gasteiger charge is 2.60. The SMILES string of the molecule is O=C(NCc1ncccc1C(F)(F)F)c1ccc2c(c1)C1(CCN(C(=O)c3ncco3)CC1)C(C1CC1)N2S(=O)(=O)c1ccc(F)cc1. The fraction of sp³-hybridized carbons (Fsp3) is 0.333. The molecule has 7 rings (SSSR count). The van der Waals surface area contributed by atoms with Gasteiger partial charge in [-0.2, -0.15) is 13.2 Å². The number of halogens is 4. The molecule has 3 aliphatic rings. The molecule has 2 aromatic heterocycles. The first-order valence-electron chi connectivity index (χ1n) is 15.3. The van der Waals surface area contributed by atoms with E-state index in [0.717, 1.165) is 31.0 Å². The first-order chi connectivity index (χ1) is 22.9. The van der Waals surface area contributed by atoms with Crippen LogP contribution in [-0.2, 0) is 28.2 Å². The number of aromatic nitrogens is 2. The number of pyridine rings is 1. The summed E-state index contributed by atoms with van der Waals surface area (Å²) in [6, 6.07) is 10.7. The summed E-state index contributed by atoms with van der Waals surface area (Å²) in [6.45, 7) is 0.0274. The zero-order valence-corrected chi connectivity index (χ0v) is 26.1. The molecular formula is C33H29F4N5O5S. The van der Waals surface area contributed by atoms with Crippen LogP contribution >= 0.6 is 0 Å². The second kappa shape index (κ2) is 11.7. The van der Waals surface area contributed by atoms with Gasteiger partial charge in [0.15, 0.2) is 0 Å². The van der Waals surface area contributed by atoms with Gasteiger partial charge in [0.1, 0.15) is 12.1 Å². The monoisotopic (exact) mass is 683 g/mol. The molecule has 48 heavy (non-hydrogen) atoms. The fourth-order valence-corrected chi connectivity index (χ4v) is 8.90. The summed E-state index contributed by atoms with van der Waals surface area (Å²) < 4.78 is 89.7. The molecule has 4 aromatic rings. The summed E-state index contributed by atoms with van der Waals surface area (Å²) in [5, 5.41) is 2.53. The van der Waals surface area contributed by atoms with Crippen LogP contribution in [0.25, 0.3) is 0 Å². The van der Waals surface area contributed by atoms with Crippen LogP contribution in [0, 0.1) is 11.7 Å². The van der Waals surface area contributed by atoms with Gasteiger partial charge in [0.2, 0.25) is 0 Å². The van der Waals surface area contributed by atoms with E-state index in [4.69, 9.17) is 4.42 Å². The van der Waals surface area contributed by atoms with Crippen LogP contribution in [0.5, 0.6) is 0 Å². The predicted molar refractivity (Wildman–Crippen MR) is 163 cm³/mol. The molecule has 1 saturated heterocycles. The van der Waals surface area contributed by atoms with E-state index in [1.54, 1.807) is 17.0 Å². The number of benzene rings is 2. The normalized spacial score (nSPS) is 19.0. The van der Waals surface area contributed by atoms with Crippen molar-refractivity contribution in [2.45, 2.75) is 54.8 Å². The minimum Gasteiger partial charge on any atom is -0.441 e. The molecule has 1 unspecified atom stereocenters. The summed E-state index contributed by atoms with van der Waals surface area (Å²) in [5.41, 5.74) is -1.02. The zero-order valence-electron chi connectivity index (χ0n) is 25.3. The molecule has 10 nitrogen and oxygen atoms in total. The standard InChI is InChI=1S/C33H29F4N5O5S/c34-22-6-8-23(9-7-22)48(45,46)42-27-10-5-21(29(43)40-19-26-24(33(35,36)37)2-1-13-38-26)18-25(27)32(28(42)20-3-4-20)11-15-41(16-12-32)31(44)30-39-14-17-47-30/h1-2,5-10,13-14,17-18,20,28H,3-4,11-12,15-16,19H2,(H,40,43). The van der Waals surface area contributed by atoms with Gasteiger partial charge in [0.25, 0.3) is 21.8 Å². The lowest BCUT2D eigenvalue weighted by Crippen LogP contribution is -2.54. The topological polar surface area (TPSA) is 126 Å². The maximum Gasteiger partial charge on any atom is 0.418 e. The largest absolute Gasteiger partial charge is 0.441 e. The Labute approximate surface area is 272 Å². The third-order valence-corrected chi connectivity index (χ3v) is 11.3. The van der Waals surface area contributed by atoms with Gasteiger partial charge in [-0.1, -0.05) is 0 Å². The maximum atomic E-state index is 14.3. The highest BCUT2D eigenvalue weighted by molar-refractivity contribution is 7.92. The highest BCUT2D eigenvalue weighted by atomic mass is 32.2. The molecule has 2 aromatic carbocycles. The van der Waals surface area contributed by atoms with E-state index in [-0.39, 0.29) is 41.1 Å². The van der Waals surface area contributed by atoms with Gasteiger partial charge in [0, 0.05) is 30.3 Å². The van der Waals surface area contributed by atoms with Crippen LogP contribution in [-0.4, -0.2) is 54.2 Å². The predicted octanol–water partition coefficient (Wildman–Crippen LogP) is 5.32. The molecule has 15 heteroatoms. The van der Waals surface area contributed by atoms with Crippen LogP contribution in [0.2, 0.25) is 0 Å². The third kappa shape index (κ3) is 5.49. The highest BCUT2D eigenvalue weighted by Crippen LogP contribution is 2.59. The lowest BCUT2D eigenvalue weighted by Gasteiger charge is -2.44. The summed E-state index contributed by atoms with van der Waals surface area (Å²) in [7, 11) is -4.22. The van der Waals surface area contributed by atoms with E-state index in [1.165, 1.54) is 47.2 Å². The van der Waals surface area contributed by atoms with Crippen LogP contribution in [0.1, 0.15) is 63.5 Å². The van der Waals surface area contributed by atoms with Crippen molar-refractivity contribution in [3.05, 3.63) is 107 Å². The van der Waals surface area contributed by atoms with Crippen molar-refractivity contribution >= 4 is 27.5 Å². The number of sulfonamides is 1. The maximum absolute atomic E-state index is 14.3. The van der Waals surface area contributed by atoms with Crippen LogP contribution < -0.4 is 9.62 Å². The van der Waals surface area contributed by atoms with Crippen molar-refractivity contribution in [3.8, 4) is 0 Å². The fourth-order valence-electron chi connectivity index (χ4n) is 7.10. The number of fused-ring (bicyclic) bond motifs is 2. The number of piperidine rings is 1. The Morgan fingerprint density at radius 1 is 1.00 bits per heavy atom. The lowest BCUT2D eigenvalue weighted by atomic mass is 9.68. The second-order valence-corrected chi connectivity index (χ2v) is 14.0. The van der Waals surface area contributed by atoms with E-state index in [9.17, 15) is 35.6 Å². The number of amides is 2.